The predicted molar refractivity (Wildman–Crippen MR) is 54.5 cm³/mol. The van der Waals surface area contributed by atoms with Crippen LogP contribution < -0.4 is 5.73 Å². The van der Waals surface area contributed by atoms with Crippen molar-refractivity contribution >= 4 is 0 Å². The summed E-state index contributed by atoms with van der Waals surface area (Å²) in [7, 11) is 2.08. The number of aliphatic hydroxyl groups is 1. The first-order valence-corrected chi connectivity index (χ1v) is 5.27. The first-order chi connectivity index (χ1) is 6.22. The zero-order valence-corrected chi connectivity index (χ0v) is 8.58. The summed E-state index contributed by atoms with van der Waals surface area (Å²) in [5.74, 6) is 0.966. The van der Waals surface area contributed by atoms with E-state index in [2.05, 4.69) is 11.9 Å². The van der Waals surface area contributed by atoms with Gasteiger partial charge in [0.1, 0.15) is 0 Å². The van der Waals surface area contributed by atoms with E-state index in [0.717, 1.165) is 19.0 Å². The molecule has 1 aliphatic carbocycles. The maximum absolute atomic E-state index is 8.77. The van der Waals surface area contributed by atoms with Crippen LogP contribution >= 0.6 is 0 Å². The zero-order chi connectivity index (χ0) is 9.68. The first-order valence-electron chi connectivity index (χ1n) is 5.27. The van der Waals surface area contributed by atoms with E-state index in [9.17, 15) is 0 Å². The number of likely N-dealkylation sites (N-methyl/N-ethyl adjacent to an activating group) is 1. The Morgan fingerprint density at radius 1 is 1.54 bits per heavy atom. The molecule has 1 fully saturated rings. The molecule has 78 valence electrons. The Balaban J connectivity index is 1.99. The number of hydrogen-bond donors (Lipinski definition) is 2. The minimum Gasteiger partial charge on any atom is -0.395 e. The van der Waals surface area contributed by atoms with Crippen LogP contribution in [0.15, 0.2) is 0 Å². The SMILES string of the molecule is CN(CCC1CCC1)CC(N)CO. The Kier molecular flexibility index (Phi) is 4.70. The molecule has 0 heterocycles. The van der Waals surface area contributed by atoms with Gasteiger partial charge in [0.2, 0.25) is 0 Å². The highest BCUT2D eigenvalue weighted by Gasteiger charge is 2.17. The smallest absolute Gasteiger partial charge is 0.0595 e. The Morgan fingerprint density at radius 3 is 2.69 bits per heavy atom. The number of rotatable bonds is 6. The summed E-state index contributed by atoms with van der Waals surface area (Å²) in [6.07, 6.45) is 5.55. The standard InChI is InChI=1S/C10H22N2O/c1-12(7-10(11)8-13)6-5-9-3-2-4-9/h9-10,13H,2-8,11H2,1H3. The first kappa shape index (κ1) is 11.0. The highest BCUT2D eigenvalue weighted by molar-refractivity contribution is 4.72. The van der Waals surface area contributed by atoms with Crippen molar-refractivity contribution in [2.24, 2.45) is 11.7 Å². The molecule has 1 saturated carbocycles. The van der Waals surface area contributed by atoms with Crippen molar-refractivity contribution in [2.75, 3.05) is 26.7 Å². The van der Waals surface area contributed by atoms with Gasteiger partial charge in [0, 0.05) is 12.6 Å². The molecule has 1 atom stereocenters. The van der Waals surface area contributed by atoms with Crippen molar-refractivity contribution in [2.45, 2.75) is 31.7 Å². The van der Waals surface area contributed by atoms with Gasteiger partial charge in [0.25, 0.3) is 0 Å². The Morgan fingerprint density at radius 2 is 2.23 bits per heavy atom. The number of aliphatic hydroxyl groups excluding tert-OH is 1. The lowest BCUT2D eigenvalue weighted by atomic mass is 9.83. The highest BCUT2D eigenvalue weighted by atomic mass is 16.3. The number of nitrogens with two attached hydrogens (primary N) is 1. The minimum absolute atomic E-state index is 0.0774. The fraction of sp³-hybridized carbons (Fsp3) is 1.00. The monoisotopic (exact) mass is 186 g/mol. The summed E-state index contributed by atoms with van der Waals surface area (Å²) in [6, 6.07) is -0.0774. The normalized spacial score (nSPS) is 20.3. The van der Waals surface area contributed by atoms with E-state index >= 15 is 0 Å². The Hall–Kier alpha value is -0.120. The molecule has 0 radical (unpaired) electrons. The fourth-order valence-corrected chi connectivity index (χ4v) is 1.73. The van der Waals surface area contributed by atoms with Crippen LogP contribution in [0.3, 0.4) is 0 Å². The van der Waals surface area contributed by atoms with E-state index in [1.165, 1.54) is 25.7 Å². The van der Waals surface area contributed by atoms with Crippen LogP contribution in [0.2, 0.25) is 0 Å². The molecule has 3 N–H and O–H groups in total. The topological polar surface area (TPSA) is 49.5 Å². The molecule has 3 nitrogen and oxygen atoms in total. The minimum atomic E-state index is -0.0774. The van der Waals surface area contributed by atoms with Crippen LogP contribution in [0.25, 0.3) is 0 Å². The van der Waals surface area contributed by atoms with Gasteiger partial charge in [-0.1, -0.05) is 19.3 Å². The van der Waals surface area contributed by atoms with Crippen molar-refractivity contribution in [3.05, 3.63) is 0 Å². The summed E-state index contributed by atoms with van der Waals surface area (Å²) in [5, 5.41) is 8.77. The lowest BCUT2D eigenvalue weighted by Crippen LogP contribution is -2.38. The van der Waals surface area contributed by atoms with Crippen LogP contribution in [0.4, 0.5) is 0 Å². The van der Waals surface area contributed by atoms with Crippen molar-refractivity contribution in [1.82, 2.24) is 4.90 Å². The summed E-state index contributed by atoms with van der Waals surface area (Å²) in [6.45, 7) is 2.02. The van der Waals surface area contributed by atoms with Crippen LogP contribution in [-0.2, 0) is 0 Å². The van der Waals surface area contributed by atoms with E-state index < -0.39 is 0 Å². The van der Waals surface area contributed by atoms with Crippen LogP contribution in [0, 0.1) is 5.92 Å². The molecule has 1 unspecified atom stereocenters. The summed E-state index contributed by atoms with van der Waals surface area (Å²) < 4.78 is 0. The molecule has 3 heteroatoms. The average Bonchev–Trinajstić information content (AvgIpc) is 2.01. The molecule has 0 aromatic carbocycles. The van der Waals surface area contributed by atoms with Gasteiger partial charge in [-0.05, 0) is 25.9 Å². The molecule has 0 saturated heterocycles. The lowest BCUT2D eigenvalue weighted by Gasteiger charge is -2.28. The second kappa shape index (κ2) is 5.58. The van der Waals surface area contributed by atoms with Crippen molar-refractivity contribution in [1.29, 1.82) is 0 Å². The molecular formula is C10H22N2O. The fourth-order valence-electron chi connectivity index (χ4n) is 1.73. The van der Waals surface area contributed by atoms with Crippen molar-refractivity contribution in [3.8, 4) is 0 Å². The maximum atomic E-state index is 8.77. The molecule has 1 rings (SSSR count). The van der Waals surface area contributed by atoms with Crippen LogP contribution in [0.1, 0.15) is 25.7 Å². The predicted octanol–water partition coefficient (Wildman–Crippen LogP) is 0.428. The summed E-state index contributed by atoms with van der Waals surface area (Å²) in [4.78, 5) is 2.22. The second-order valence-electron chi connectivity index (χ2n) is 4.29. The quantitative estimate of drug-likeness (QED) is 0.632. The third kappa shape index (κ3) is 4.07. The van der Waals surface area contributed by atoms with Crippen LogP contribution in [0.5, 0.6) is 0 Å². The van der Waals surface area contributed by atoms with Gasteiger partial charge in [-0.2, -0.15) is 0 Å². The molecular weight excluding hydrogens is 164 g/mol. The van der Waals surface area contributed by atoms with Gasteiger partial charge in [-0.25, -0.2) is 0 Å². The molecule has 0 aromatic rings. The highest BCUT2D eigenvalue weighted by Crippen LogP contribution is 2.29. The van der Waals surface area contributed by atoms with E-state index in [0.29, 0.717) is 0 Å². The molecule has 0 aliphatic heterocycles. The third-order valence-corrected chi connectivity index (χ3v) is 2.92. The van der Waals surface area contributed by atoms with Gasteiger partial charge < -0.3 is 15.7 Å². The van der Waals surface area contributed by atoms with Gasteiger partial charge in [0.05, 0.1) is 6.61 Å². The van der Waals surface area contributed by atoms with E-state index in [1.54, 1.807) is 0 Å². The van der Waals surface area contributed by atoms with Crippen molar-refractivity contribution in [3.63, 3.8) is 0 Å². The largest absolute Gasteiger partial charge is 0.395 e. The lowest BCUT2D eigenvalue weighted by molar-refractivity contribution is 0.200. The van der Waals surface area contributed by atoms with Crippen molar-refractivity contribution < 1.29 is 5.11 Å². The third-order valence-electron chi connectivity index (χ3n) is 2.92. The number of nitrogens with zero attached hydrogens (tertiary/aromatic N) is 1. The molecule has 0 bridgehead atoms. The molecule has 0 spiro atoms. The summed E-state index contributed by atoms with van der Waals surface area (Å²) >= 11 is 0. The molecule has 0 amide bonds. The van der Waals surface area contributed by atoms with Gasteiger partial charge in [-0.3, -0.25) is 0 Å². The maximum Gasteiger partial charge on any atom is 0.0595 e. The van der Waals surface area contributed by atoms with Gasteiger partial charge in [-0.15, -0.1) is 0 Å². The molecule has 1 aliphatic rings. The van der Waals surface area contributed by atoms with Gasteiger partial charge in [0.15, 0.2) is 0 Å². The average molecular weight is 186 g/mol. The Bertz CT molecular complexity index is 137. The second-order valence-corrected chi connectivity index (χ2v) is 4.29. The van der Waals surface area contributed by atoms with E-state index in [-0.39, 0.29) is 12.6 Å². The summed E-state index contributed by atoms with van der Waals surface area (Å²) in [5.41, 5.74) is 5.64. The Labute approximate surface area is 80.9 Å². The molecule has 13 heavy (non-hydrogen) atoms. The van der Waals surface area contributed by atoms with Crippen LogP contribution in [-0.4, -0.2) is 42.8 Å². The van der Waals surface area contributed by atoms with E-state index in [4.69, 9.17) is 10.8 Å². The number of hydrogen-bond acceptors (Lipinski definition) is 3. The molecule has 0 aromatic heterocycles. The van der Waals surface area contributed by atoms with Gasteiger partial charge >= 0.3 is 0 Å². The zero-order valence-electron chi connectivity index (χ0n) is 8.58. The van der Waals surface area contributed by atoms with E-state index in [1.807, 2.05) is 0 Å².